The van der Waals surface area contributed by atoms with Crippen LogP contribution in [0.3, 0.4) is 0 Å². The van der Waals surface area contributed by atoms with Crippen LogP contribution in [-0.4, -0.2) is 20.5 Å². The molecule has 0 saturated carbocycles. The minimum Gasteiger partial charge on any atom is -0.325 e. The van der Waals surface area contributed by atoms with Crippen LogP contribution in [0.4, 0.5) is 5.69 Å². The molecule has 160 valence electrons. The van der Waals surface area contributed by atoms with E-state index >= 15 is 0 Å². The van der Waals surface area contributed by atoms with Crippen LogP contribution < -0.4 is 5.32 Å². The summed E-state index contributed by atoms with van der Waals surface area (Å²) in [5.41, 5.74) is 7.02. The standard InChI is InChI=1S/C26H25N5O/c1-16-6-8-18(14-27)12-20(16)21-10-11-24-28-23(15-31(24)30-21)19-9-7-17(2)22(13-19)29-25(32)26(3,4)5/h6-13,15H,1-5H3,(H,29,32). The molecular formula is C26H25N5O. The van der Waals surface area contributed by atoms with E-state index in [4.69, 9.17) is 10.1 Å². The molecule has 0 unspecified atom stereocenters. The van der Waals surface area contributed by atoms with Crippen molar-refractivity contribution < 1.29 is 4.79 Å². The first-order valence-electron chi connectivity index (χ1n) is 10.5. The van der Waals surface area contributed by atoms with E-state index in [-0.39, 0.29) is 5.91 Å². The number of hydrogen-bond acceptors (Lipinski definition) is 4. The Morgan fingerprint density at radius 3 is 2.47 bits per heavy atom. The second-order valence-corrected chi connectivity index (χ2v) is 9.02. The number of carbonyl (C=O) groups excluding carboxylic acids is 1. The fraction of sp³-hybridized carbons (Fsp3) is 0.231. The number of nitrogens with zero attached hydrogens (tertiary/aromatic N) is 4. The predicted octanol–water partition coefficient (Wildman–Crippen LogP) is 5.54. The second kappa shape index (κ2) is 7.93. The van der Waals surface area contributed by atoms with Crippen molar-refractivity contribution in [3.63, 3.8) is 0 Å². The number of nitrogens with one attached hydrogen (secondary N) is 1. The first-order valence-corrected chi connectivity index (χ1v) is 10.5. The van der Waals surface area contributed by atoms with E-state index in [1.807, 2.05) is 83.3 Å². The molecule has 0 atom stereocenters. The Kier molecular flexibility index (Phi) is 5.27. The Balaban J connectivity index is 1.72. The first kappa shape index (κ1) is 21.3. The Bertz CT molecular complexity index is 1390. The number of aryl methyl sites for hydroxylation is 2. The predicted molar refractivity (Wildman–Crippen MR) is 126 cm³/mol. The van der Waals surface area contributed by atoms with Crippen molar-refractivity contribution in [1.82, 2.24) is 14.6 Å². The maximum atomic E-state index is 12.5. The van der Waals surface area contributed by atoms with Gasteiger partial charge in [0.05, 0.1) is 29.2 Å². The quantitative estimate of drug-likeness (QED) is 0.469. The van der Waals surface area contributed by atoms with Crippen LogP contribution in [0.5, 0.6) is 0 Å². The third-order valence-corrected chi connectivity index (χ3v) is 5.43. The smallest absolute Gasteiger partial charge is 0.229 e. The molecule has 0 bridgehead atoms. The molecule has 0 saturated heterocycles. The Morgan fingerprint density at radius 2 is 1.75 bits per heavy atom. The van der Waals surface area contributed by atoms with Gasteiger partial charge < -0.3 is 5.32 Å². The van der Waals surface area contributed by atoms with Crippen LogP contribution in [-0.2, 0) is 4.79 Å². The van der Waals surface area contributed by atoms with Crippen LogP contribution in [0.1, 0.15) is 37.5 Å². The number of anilines is 1. The van der Waals surface area contributed by atoms with E-state index in [9.17, 15) is 10.1 Å². The van der Waals surface area contributed by atoms with Crippen LogP contribution in [0.25, 0.3) is 28.2 Å². The van der Waals surface area contributed by atoms with Crippen LogP contribution in [0.15, 0.2) is 54.7 Å². The molecule has 6 nitrogen and oxygen atoms in total. The van der Waals surface area contributed by atoms with Gasteiger partial charge in [-0.05, 0) is 55.3 Å². The minimum absolute atomic E-state index is 0.0333. The number of amides is 1. The van der Waals surface area contributed by atoms with Crippen LogP contribution in [0, 0.1) is 30.6 Å². The average Bonchev–Trinajstić information content (AvgIpc) is 3.18. The maximum absolute atomic E-state index is 12.5. The molecule has 0 fully saturated rings. The Labute approximate surface area is 187 Å². The van der Waals surface area contributed by atoms with E-state index in [0.29, 0.717) is 5.56 Å². The number of aromatic nitrogens is 3. The van der Waals surface area contributed by atoms with Crippen molar-refractivity contribution in [1.29, 1.82) is 5.26 Å². The summed E-state index contributed by atoms with van der Waals surface area (Å²) in [5, 5.41) is 17.0. The van der Waals surface area contributed by atoms with Crippen molar-refractivity contribution in [2.75, 3.05) is 5.32 Å². The third-order valence-electron chi connectivity index (χ3n) is 5.43. The summed E-state index contributed by atoms with van der Waals surface area (Å²) in [5.74, 6) is -0.0333. The molecule has 0 aliphatic heterocycles. The number of imidazole rings is 1. The largest absolute Gasteiger partial charge is 0.325 e. The number of carbonyl (C=O) groups is 1. The Hall–Kier alpha value is -3.98. The highest BCUT2D eigenvalue weighted by molar-refractivity contribution is 5.95. The lowest BCUT2D eigenvalue weighted by Gasteiger charge is -2.19. The molecule has 0 spiro atoms. The monoisotopic (exact) mass is 423 g/mol. The molecule has 1 amide bonds. The molecule has 4 aromatic rings. The van der Waals surface area contributed by atoms with E-state index in [1.165, 1.54) is 0 Å². The summed E-state index contributed by atoms with van der Waals surface area (Å²) in [7, 11) is 0. The molecule has 2 heterocycles. The normalized spacial score (nSPS) is 11.4. The van der Waals surface area contributed by atoms with Gasteiger partial charge in [-0.25, -0.2) is 9.50 Å². The maximum Gasteiger partial charge on any atom is 0.229 e. The van der Waals surface area contributed by atoms with Gasteiger partial charge in [-0.15, -0.1) is 0 Å². The van der Waals surface area contributed by atoms with Gasteiger partial charge in [0.2, 0.25) is 5.91 Å². The minimum atomic E-state index is -0.479. The number of nitriles is 1. The number of hydrogen-bond donors (Lipinski definition) is 1. The SMILES string of the molecule is Cc1ccc(-c2cn3nc(-c4cc(C#N)ccc4C)ccc3n2)cc1NC(=O)C(C)(C)C. The van der Waals surface area contributed by atoms with E-state index in [1.54, 1.807) is 10.6 Å². The van der Waals surface area contributed by atoms with Gasteiger partial charge in [0.15, 0.2) is 5.65 Å². The van der Waals surface area contributed by atoms with Gasteiger partial charge in [-0.2, -0.15) is 10.4 Å². The topological polar surface area (TPSA) is 83.1 Å². The first-order chi connectivity index (χ1) is 15.2. The highest BCUT2D eigenvalue weighted by Crippen LogP contribution is 2.28. The third kappa shape index (κ3) is 4.10. The van der Waals surface area contributed by atoms with Gasteiger partial charge in [0, 0.05) is 22.2 Å². The van der Waals surface area contributed by atoms with Crippen LogP contribution >= 0.6 is 0 Å². The molecule has 6 heteroatoms. The van der Waals surface area contributed by atoms with Gasteiger partial charge in [0.1, 0.15) is 0 Å². The lowest BCUT2D eigenvalue weighted by atomic mass is 9.95. The van der Waals surface area contributed by atoms with E-state index < -0.39 is 5.41 Å². The van der Waals surface area contributed by atoms with Crippen molar-refractivity contribution >= 4 is 17.2 Å². The summed E-state index contributed by atoms with van der Waals surface area (Å²) < 4.78 is 1.75. The molecule has 4 rings (SSSR count). The number of fused-ring (bicyclic) bond motifs is 1. The molecule has 0 aliphatic carbocycles. The molecule has 32 heavy (non-hydrogen) atoms. The average molecular weight is 424 g/mol. The van der Waals surface area contributed by atoms with Crippen molar-refractivity contribution in [3.05, 3.63) is 71.4 Å². The molecule has 1 N–H and O–H groups in total. The number of benzene rings is 2. The summed E-state index contributed by atoms with van der Waals surface area (Å²) in [6.45, 7) is 9.64. The van der Waals surface area contributed by atoms with Crippen LogP contribution in [0.2, 0.25) is 0 Å². The fourth-order valence-corrected chi connectivity index (χ4v) is 3.36. The van der Waals surface area contributed by atoms with Crippen molar-refractivity contribution in [2.45, 2.75) is 34.6 Å². The summed E-state index contributed by atoms with van der Waals surface area (Å²) >= 11 is 0. The van der Waals surface area contributed by atoms with Gasteiger partial charge in [-0.1, -0.05) is 39.0 Å². The fourth-order valence-electron chi connectivity index (χ4n) is 3.36. The second-order valence-electron chi connectivity index (χ2n) is 9.02. The number of rotatable bonds is 3. The lowest BCUT2D eigenvalue weighted by Crippen LogP contribution is -2.27. The summed E-state index contributed by atoms with van der Waals surface area (Å²) in [4.78, 5) is 17.2. The zero-order valence-electron chi connectivity index (χ0n) is 18.9. The van der Waals surface area contributed by atoms with Crippen molar-refractivity contribution in [3.8, 4) is 28.6 Å². The van der Waals surface area contributed by atoms with Crippen molar-refractivity contribution in [2.24, 2.45) is 5.41 Å². The lowest BCUT2D eigenvalue weighted by molar-refractivity contribution is -0.123. The molecule has 2 aromatic carbocycles. The molecule has 0 aliphatic rings. The van der Waals surface area contributed by atoms with E-state index in [2.05, 4.69) is 11.4 Å². The zero-order chi connectivity index (χ0) is 23.0. The summed E-state index contributed by atoms with van der Waals surface area (Å²) in [6.07, 6.45) is 1.88. The molecule has 2 aromatic heterocycles. The highest BCUT2D eigenvalue weighted by Gasteiger charge is 2.22. The molecule has 0 radical (unpaired) electrons. The van der Waals surface area contributed by atoms with Gasteiger partial charge in [0.25, 0.3) is 0 Å². The van der Waals surface area contributed by atoms with Gasteiger partial charge >= 0.3 is 0 Å². The zero-order valence-corrected chi connectivity index (χ0v) is 18.9. The van der Waals surface area contributed by atoms with Gasteiger partial charge in [-0.3, -0.25) is 4.79 Å². The highest BCUT2D eigenvalue weighted by atomic mass is 16.2. The van der Waals surface area contributed by atoms with E-state index in [0.717, 1.165) is 45.0 Å². The summed E-state index contributed by atoms with van der Waals surface area (Å²) in [6, 6.07) is 17.5. The Morgan fingerprint density at radius 1 is 1.00 bits per heavy atom. The molecular weight excluding hydrogens is 398 g/mol.